The maximum atomic E-state index is 12.7. The van der Waals surface area contributed by atoms with E-state index >= 15 is 0 Å². The molecule has 5 nitrogen and oxygen atoms in total. The largest absolute Gasteiger partial charge is 0.444 e. The third kappa shape index (κ3) is 6.80. The predicted molar refractivity (Wildman–Crippen MR) is 112 cm³/mol. The minimum atomic E-state index is -0.523. The molecule has 1 aliphatic rings. The maximum Gasteiger partial charge on any atom is 0.410 e. The zero-order valence-corrected chi connectivity index (χ0v) is 17.6. The van der Waals surface area contributed by atoms with Crippen LogP contribution in [0.3, 0.4) is 0 Å². The summed E-state index contributed by atoms with van der Waals surface area (Å²) in [4.78, 5) is 14.5. The van der Waals surface area contributed by atoms with Gasteiger partial charge in [-0.05, 0) is 32.8 Å². The molecule has 1 amide bonds. The molecule has 1 heterocycles. The molecule has 0 unspecified atom stereocenters. The number of nitrogens with zero attached hydrogens (tertiary/aromatic N) is 1. The molecule has 3 atom stereocenters. The van der Waals surface area contributed by atoms with Gasteiger partial charge in [-0.15, -0.1) is 0 Å². The fraction of sp³-hybridized carbons (Fsp3) is 0.522. The van der Waals surface area contributed by atoms with Crippen LogP contribution >= 0.6 is 0 Å². The van der Waals surface area contributed by atoms with Crippen LogP contribution in [-0.4, -0.2) is 49.2 Å². The summed E-state index contributed by atoms with van der Waals surface area (Å²) in [5.41, 5.74) is 0.611. The van der Waals surface area contributed by atoms with Crippen molar-refractivity contribution in [3.63, 3.8) is 0 Å². The molecule has 1 aromatic carbocycles. The summed E-state index contributed by atoms with van der Waals surface area (Å²) < 4.78 is 16.5. The Hall–Kier alpha value is -2.11. The van der Waals surface area contributed by atoms with E-state index in [0.29, 0.717) is 6.54 Å². The molecule has 28 heavy (non-hydrogen) atoms. The second-order valence-electron chi connectivity index (χ2n) is 8.08. The summed E-state index contributed by atoms with van der Waals surface area (Å²) in [6, 6.07) is 10.0. The number of piperidine rings is 1. The number of carbonyl (C=O) groups is 1. The van der Waals surface area contributed by atoms with Gasteiger partial charge in [-0.25, -0.2) is 4.79 Å². The molecule has 154 valence electrons. The second kappa shape index (κ2) is 10.4. The molecule has 1 saturated heterocycles. The van der Waals surface area contributed by atoms with Crippen LogP contribution in [0.2, 0.25) is 0 Å². The molecule has 0 N–H and O–H groups in total. The zero-order valence-electron chi connectivity index (χ0n) is 17.6. The van der Waals surface area contributed by atoms with Crippen molar-refractivity contribution >= 4 is 12.2 Å². The number of ether oxygens (including phenoxy) is 3. The molecule has 5 heteroatoms. The molecular weight excluding hydrogens is 354 g/mol. The van der Waals surface area contributed by atoms with Crippen LogP contribution in [0.5, 0.6) is 0 Å². The number of rotatable bonds is 6. The van der Waals surface area contributed by atoms with E-state index in [4.69, 9.17) is 14.2 Å². The van der Waals surface area contributed by atoms with E-state index in [1.165, 1.54) is 0 Å². The van der Waals surface area contributed by atoms with Crippen molar-refractivity contribution in [3.8, 4) is 0 Å². The van der Waals surface area contributed by atoms with Crippen molar-refractivity contribution < 1.29 is 19.0 Å². The van der Waals surface area contributed by atoms with Crippen molar-refractivity contribution in [1.29, 1.82) is 0 Å². The van der Waals surface area contributed by atoms with Crippen molar-refractivity contribution in [3.05, 3.63) is 54.1 Å². The average molecular weight is 388 g/mol. The third-order valence-corrected chi connectivity index (χ3v) is 4.68. The van der Waals surface area contributed by atoms with Gasteiger partial charge in [0.25, 0.3) is 0 Å². The predicted octanol–water partition coefficient (Wildman–Crippen LogP) is 4.89. The van der Waals surface area contributed by atoms with Crippen LogP contribution in [0.4, 0.5) is 4.79 Å². The quantitative estimate of drug-likeness (QED) is 0.515. The first-order valence-electron chi connectivity index (χ1n) is 9.82. The van der Waals surface area contributed by atoms with Crippen LogP contribution in [0.25, 0.3) is 6.08 Å². The number of likely N-dealkylation sites (tertiary alicyclic amines) is 1. The first kappa shape index (κ1) is 22.2. The summed E-state index contributed by atoms with van der Waals surface area (Å²) in [5.74, 6) is 0.123. The van der Waals surface area contributed by atoms with Gasteiger partial charge in [-0.2, -0.15) is 0 Å². The standard InChI is InChI=1S/C23H33NO4/c1-18-20(14-10-9-13-19-11-7-6-8-12-19)24(22(25)28-23(2,3)4)16-15-21(18)27-17-26-5/h6-14,18,20-21H,15-17H2,1-5H3/b13-9+,14-10+/t18-,20-,21+/m1/s1. The Labute approximate surface area is 169 Å². The van der Waals surface area contributed by atoms with Gasteiger partial charge in [-0.1, -0.05) is 61.6 Å². The SMILES string of the molecule is COCO[C@H]1CCN(C(=O)OC(C)(C)C)[C@H](/C=C/C=C/c2ccccc2)[C@H]1C. The number of hydrogen-bond acceptors (Lipinski definition) is 4. The number of amides is 1. The van der Waals surface area contributed by atoms with Gasteiger partial charge in [0.05, 0.1) is 12.1 Å². The van der Waals surface area contributed by atoms with E-state index in [1.54, 1.807) is 12.0 Å². The Balaban J connectivity index is 2.13. The topological polar surface area (TPSA) is 48.0 Å². The number of benzene rings is 1. The second-order valence-corrected chi connectivity index (χ2v) is 8.08. The molecule has 0 bridgehead atoms. The fourth-order valence-corrected chi connectivity index (χ4v) is 3.29. The molecule has 0 aromatic heterocycles. The summed E-state index contributed by atoms with van der Waals surface area (Å²) in [6.07, 6.45) is 8.59. The Morgan fingerprint density at radius 1 is 1.21 bits per heavy atom. The molecule has 0 spiro atoms. The molecule has 1 fully saturated rings. The number of methoxy groups -OCH3 is 1. The van der Waals surface area contributed by atoms with E-state index in [2.05, 4.69) is 25.1 Å². The van der Waals surface area contributed by atoms with Gasteiger partial charge in [-0.3, -0.25) is 0 Å². The van der Waals surface area contributed by atoms with Gasteiger partial charge in [0.15, 0.2) is 0 Å². The summed E-state index contributed by atoms with van der Waals surface area (Å²) in [7, 11) is 1.62. The Kier molecular flexibility index (Phi) is 8.27. The van der Waals surface area contributed by atoms with Crippen LogP contribution < -0.4 is 0 Å². The van der Waals surface area contributed by atoms with Gasteiger partial charge < -0.3 is 19.1 Å². The lowest BCUT2D eigenvalue weighted by Gasteiger charge is -2.42. The summed E-state index contributed by atoms with van der Waals surface area (Å²) in [5, 5.41) is 0. The lowest BCUT2D eigenvalue weighted by atomic mass is 9.88. The first-order valence-corrected chi connectivity index (χ1v) is 9.82. The Morgan fingerprint density at radius 3 is 2.57 bits per heavy atom. The van der Waals surface area contributed by atoms with E-state index < -0.39 is 5.60 Å². The van der Waals surface area contributed by atoms with Crippen LogP contribution in [-0.2, 0) is 14.2 Å². The van der Waals surface area contributed by atoms with Crippen molar-refractivity contribution in [2.75, 3.05) is 20.4 Å². The number of carbonyl (C=O) groups excluding carboxylic acids is 1. The minimum Gasteiger partial charge on any atom is -0.444 e. The number of hydrogen-bond donors (Lipinski definition) is 0. The van der Waals surface area contributed by atoms with Gasteiger partial charge in [0.1, 0.15) is 12.4 Å². The number of allylic oxidation sites excluding steroid dienone is 2. The van der Waals surface area contributed by atoms with E-state index in [-0.39, 0.29) is 30.9 Å². The minimum absolute atomic E-state index is 0.0337. The monoisotopic (exact) mass is 387 g/mol. The van der Waals surface area contributed by atoms with E-state index in [1.807, 2.05) is 57.2 Å². The third-order valence-electron chi connectivity index (χ3n) is 4.68. The van der Waals surface area contributed by atoms with Gasteiger partial charge in [0, 0.05) is 19.6 Å². The van der Waals surface area contributed by atoms with Crippen molar-refractivity contribution in [2.24, 2.45) is 5.92 Å². The highest BCUT2D eigenvalue weighted by Crippen LogP contribution is 2.28. The molecule has 0 saturated carbocycles. The molecule has 0 radical (unpaired) electrons. The summed E-state index contributed by atoms with van der Waals surface area (Å²) in [6.45, 7) is 8.60. The van der Waals surface area contributed by atoms with Crippen LogP contribution in [0.1, 0.15) is 39.7 Å². The molecule has 0 aliphatic carbocycles. The normalized spacial score (nSPS) is 23.5. The molecule has 2 rings (SSSR count). The first-order chi connectivity index (χ1) is 13.3. The average Bonchev–Trinajstić information content (AvgIpc) is 2.64. The fourth-order valence-electron chi connectivity index (χ4n) is 3.29. The zero-order chi connectivity index (χ0) is 20.6. The van der Waals surface area contributed by atoms with Gasteiger partial charge >= 0.3 is 6.09 Å². The Bertz CT molecular complexity index is 663. The summed E-state index contributed by atoms with van der Waals surface area (Å²) >= 11 is 0. The molecule has 1 aliphatic heterocycles. The lowest BCUT2D eigenvalue weighted by molar-refractivity contribution is -0.115. The van der Waals surface area contributed by atoms with Gasteiger partial charge in [0.2, 0.25) is 0 Å². The molecular formula is C23H33NO4. The lowest BCUT2D eigenvalue weighted by Crippen LogP contribution is -2.53. The van der Waals surface area contributed by atoms with Crippen LogP contribution in [0.15, 0.2) is 48.6 Å². The highest BCUT2D eigenvalue weighted by molar-refractivity contribution is 5.69. The van der Waals surface area contributed by atoms with Crippen LogP contribution in [0, 0.1) is 5.92 Å². The highest BCUT2D eigenvalue weighted by Gasteiger charge is 2.38. The highest BCUT2D eigenvalue weighted by atomic mass is 16.7. The molecule has 1 aromatic rings. The van der Waals surface area contributed by atoms with E-state index in [9.17, 15) is 4.79 Å². The smallest absolute Gasteiger partial charge is 0.410 e. The maximum absolute atomic E-state index is 12.7. The van der Waals surface area contributed by atoms with Crippen molar-refractivity contribution in [2.45, 2.75) is 51.9 Å². The van der Waals surface area contributed by atoms with E-state index in [0.717, 1.165) is 12.0 Å². The van der Waals surface area contributed by atoms with Crippen molar-refractivity contribution in [1.82, 2.24) is 4.90 Å². The Morgan fingerprint density at radius 2 is 1.93 bits per heavy atom.